The van der Waals surface area contributed by atoms with E-state index in [4.69, 9.17) is 0 Å². The third kappa shape index (κ3) is 3.51. The van der Waals surface area contributed by atoms with Gasteiger partial charge in [0.1, 0.15) is 11.6 Å². The van der Waals surface area contributed by atoms with Crippen LogP contribution in [0.2, 0.25) is 0 Å². The largest absolute Gasteiger partial charge is 0.309 e. The van der Waals surface area contributed by atoms with Gasteiger partial charge in [0.05, 0.1) is 17.4 Å². The van der Waals surface area contributed by atoms with Crippen molar-refractivity contribution in [3.63, 3.8) is 0 Å². The molecule has 1 aromatic heterocycles. The summed E-state index contributed by atoms with van der Waals surface area (Å²) in [6, 6.07) is 13.8. The first-order valence-electron chi connectivity index (χ1n) is 8.01. The smallest absolute Gasteiger partial charge is 0.258 e. The number of para-hydroxylation sites is 1. The number of hydrogen-bond donors (Lipinski definition) is 2. The predicted molar refractivity (Wildman–Crippen MR) is 93.2 cm³/mol. The van der Waals surface area contributed by atoms with E-state index in [1.165, 1.54) is 12.1 Å². The molecule has 0 aliphatic rings. The van der Waals surface area contributed by atoms with Crippen molar-refractivity contribution in [3.05, 3.63) is 76.1 Å². The van der Waals surface area contributed by atoms with Gasteiger partial charge in [0, 0.05) is 6.04 Å². The SMILES string of the molecule is CC(C)[C@@H](NCc1nc2ccccc2c(=O)[nH]1)c1ccc(F)cc1. The van der Waals surface area contributed by atoms with E-state index in [-0.39, 0.29) is 17.4 Å². The van der Waals surface area contributed by atoms with Gasteiger partial charge in [-0.1, -0.05) is 38.1 Å². The number of benzene rings is 2. The highest BCUT2D eigenvalue weighted by Gasteiger charge is 2.16. The summed E-state index contributed by atoms with van der Waals surface area (Å²) in [5.41, 5.74) is 1.55. The van der Waals surface area contributed by atoms with Gasteiger partial charge in [0.25, 0.3) is 5.56 Å². The summed E-state index contributed by atoms with van der Waals surface area (Å²) in [5, 5.41) is 3.99. The molecule has 0 aliphatic carbocycles. The Hall–Kier alpha value is -2.53. The molecule has 3 aromatic rings. The van der Waals surface area contributed by atoms with Crippen molar-refractivity contribution in [2.45, 2.75) is 26.4 Å². The number of fused-ring (bicyclic) bond motifs is 1. The number of nitrogens with zero attached hydrogens (tertiary/aromatic N) is 1. The van der Waals surface area contributed by atoms with Crippen molar-refractivity contribution >= 4 is 10.9 Å². The number of halogens is 1. The summed E-state index contributed by atoms with van der Waals surface area (Å²) in [6.45, 7) is 4.62. The Bertz CT molecular complexity index is 887. The summed E-state index contributed by atoms with van der Waals surface area (Å²) >= 11 is 0. The van der Waals surface area contributed by atoms with Crippen molar-refractivity contribution in [3.8, 4) is 0 Å². The molecule has 0 saturated heterocycles. The predicted octanol–water partition coefficient (Wildman–Crippen LogP) is 3.55. The molecule has 0 amide bonds. The molecule has 4 nitrogen and oxygen atoms in total. The van der Waals surface area contributed by atoms with E-state index in [0.29, 0.717) is 29.2 Å². The molecule has 0 bridgehead atoms. The average molecular weight is 325 g/mol. The molecule has 0 saturated carbocycles. The van der Waals surface area contributed by atoms with Crippen LogP contribution in [-0.2, 0) is 6.54 Å². The number of nitrogens with one attached hydrogen (secondary N) is 2. The number of hydrogen-bond acceptors (Lipinski definition) is 3. The minimum absolute atomic E-state index is 0.0439. The van der Waals surface area contributed by atoms with Crippen LogP contribution in [0.3, 0.4) is 0 Å². The molecule has 24 heavy (non-hydrogen) atoms. The standard InChI is InChI=1S/C19H20FN3O/c1-12(2)18(13-7-9-14(20)10-8-13)21-11-17-22-16-6-4-3-5-15(16)19(24)23-17/h3-10,12,18,21H,11H2,1-2H3,(H,22,23,24)/t18-/m1/s1. The van der Waals surface area contributed by atoms with E-state index in [9.17, 15) is 9.18 Å². The molecule has 1 atom stereocenters. The zero-order valence-corrected chi connectivity index (χ0v) is 13.7. The third-order valence-corrected chi connectivity index (χ3v) is 4.05. The van der Waals surface area contributed by atoms with Gasteiger partial charge in [-0.25, -0.2) is 9.37 Å². The maximum absolute atomic E-state index is 13.1. The van der Waals surface area contributed by atoms with Crippen LogP contribution in [0.15, 0.2) is 53.3 Å². The van der Waals surface area contributed by atoms with Gasteiger partial charge >= 0.3 is 0 Å². The van der Waals surface area contributed by atoms with Crippen molar-refractivity contribution < 1.29 is 4.39 Å². The molecule has 0 aliphatic heterocycles. The lowest BCUT2D eigenvalue weighted by molar-refractivity contribution is 0.405. The van der Waals surface area contributed by atoms with Crippen molar-refractivity contribution in [2.24, 2.45) is 5.92 Å². The summed E-state index contributed by atoms with van der Waals surface area (Å²) in [5.74, 6) is 0.649. The van der Waals surface area contributed by atoms with E-state index in [2.05, 4.69) is 29.1 Å². The van der Waals surface area contributed by atoms with E-state index >= 15 is 0 Å². The Labute approximate surface area is 139 Å². The molecular weight excluding hydrogens is 305 g/mol. The third-order valence-electron chi connectivity index (χ3n) is 4.05. The lowest BCUT2D eigenvalue weighted by Crippen LogP contribution is -2.27. The Morgan fingerprint density at radius 3 is 2.54 bits per heavy atom. The monoisotopic (exact) mass is 325 g/mol. The summed E-state index contributed by atoms with van der Waals surface area (Å²) < 4.78 is 13.1. The van der Waals surface area contributed by atoms with Crippen LogP contribution in [0.1, 0.15) is 31.3 Å². The number of aromatic amines is 1. The van der Waals surface area contributed by atoms with Crippen LogP contribution in [0.25, 0.3) is 10.9 Å². The van der Waals surface area contributed by atoms with Crippen molar-refractivity contribution in [1.29, 1.82) is 0 Å². The van der Waals surface area contributed by atoms with Gasteiger partial charge in [-0.05, 0) is 35.7 Å². The molecule has 0 spiro atoms. The van der Waals surface area contributed by atoms with E-state index < -0.39 is 0 Å². The van der Waals surface area contributed by atoms with E-state index in [0.717, 1.165) is 5.56 Å². The Balaban J connectivity index is 1.82. The number of H-pyrrole nitrogens is 1. The second-order valence-corrected chi connectivity index (χ2v) is 6.18. The maximum Gasteiger partial charge on any atom is 0.258 e. The van der Waals surface area contributed by atoms with E-state index in [1.54, 1.807) is 18.2 Å². The number of rotatable bonds is 5. The summed E-state index contributed by atoms with van der Waals surface area (Å²) in [4.78, 5) is 19.4. The summed E-state index contributed by atoms with van der Waals surface area (Å²) in [6.07, 6.45) is 0. The number of aromatic nitrogens is 2. The fourth-order valence-electron chi connectivity index (χ4n) is 2.83. The summed E-state index contributed by atoms with van der Waals surface area (Å²) in [7, 11) is 0. The molecule has 0 unspecified atom stereocenters. The van der Waals surface area contributed by atoms with Gasteiger partial charge in [-0.2, -0.15) is 0 Å². The van der Waals surface area contributed by atoms with Gasteiger partial charge in [0.15, 0.2) is 0 Å². The van der Waals surface area contributed by atoms with E-state index in [1.807, 2.05) is 18.2 Å². The Kier molecular flexibility index (Phi) is 4.71. The van der Waals surface area contributed by atoms with Crippen LogP contribution >= 0.6 is 0 Å². The lowest BCUT2D eigenvalue weighted by atomic mass is 9.96. The Morgan fingerprint density at radius 2 is 1.83 bits per heavy atom. The molecule has 3 rings (SSSR count). The fourth-order valence-corrected chi connectivity index (χ4v) is 2.83. The second-order valence-electron chi connectivity index (χ2n) is 6.18. The molecule has 124 valence electrons. The highest BCUT2D eigenvalue weighted by molar-refractivity contribution is 5.77. The first kappa shape index (κ1) is 16.3. The molecule has 2 N–H and O–H groups in total. The van der Waals surface area contributed by atoms with Crippen LogP contribution in [-0.4, -0.2) is 9.97 Å². The first-order chi connectivity index (χ1) is 11.5. The van der Waals surface area contributed by atoms with Gasteiger partial charge in [-0.15, -0.1) is 0 Å². The molecule has 1 heterocycles. The first-order valence-corrected chi connectivity index (χ1v) is 8.01. The normalized spacial score (nSPS) is 12.7. The molecular formula is C19H20FN3O. The van der Waals surface area contributed by atoms with Crippen molar-refractivity contribution in [2.75, 3.05) is 0 Å². The van der Waals surface area contributed by atoms with Crippen LogP contribution in [0, 0.1) is 11.7 Å². The molecule has 0 radical (unpaired) electrons. The molecule has 2 aromatic carbocycles. The topological polar surface area (TPSA) is 57.8 Å². The quantitative estimate of drug-likeness (QED) is 0.754. The Morgan fingerprint density at radius 1 is 1.12 bits per heavy atom. The average Bonchev–Trinajstić information content (AvgIpc) is 2.56. The van der Waals surface area contributed by atoms with Gasteiger partial charge < -0.3 is 10.3 Å². The van der Waals surface area contributed by atoms with Crippen LogP contribution in [0.5, 0.6) is 0 Å². The molecule has 0 fully saturated rings. The zero-order chi connectivity index (χ0) is 17.1. The highest BCUT2D eigenvalue weighted by atomic mass is 19.1. The molecule has 5 heteroatoms. The van der Waals surface area contributed by atoms with Crippen LogP contribution < -0.4 is 10.9 Å². The highest BCUT2D eigenvalue weighted by Crippen LogP contribution is 2.22. The maximum atomic E-state index is 13.1. The van der Waals surface area contributed by atoms with Crippen LogP contribution in [0.4, 0.5) is 4.39 Å². The van der Waals surface area contributed by atoms with Crippen molar-refractivity contribution in [1.82, 2.24) is 15.3 Å². The minimum atomic E-state index is -0.248. The minimum Gasteiger partial charge on any atom is -0.309 e. The van der Waals surface area contributed by atoms with Gasteiger partial charge in [-0.3, -0.25) is 4.79 Å². The zero-order valence-electron chi connectivity index (χ0n) is 13.7. The van der Waals surface area contributed by atoms with Gasteiger partial charge in [0.2, 0.25) is 0 Å². The lowest BCUT2D eigenvalue weighted by Gasteiger charge is -2.23. The fraction of sp³-hybridized carbons (Fsp3) is 0.263. The second kappa shape index (κ2) is 6.93.